The van der Waals surface area contributed by atoms with Gasteiger partial charge in [-0.3, -0.25) is 29.1 Å². The predicted molar refractivity (Wildman–Crippen MR) is 334 cm³/mol. The third-order valence-corrected chi connectivity index (χ3v) is 17.5. The van der Waals surface area contributed by atoms with Gasteiger partial charge in [0.15, 0.2) is 4.90 Å². The van der Waals surface area contributed by atoms with Crippen molar-refractivity contribution in [3.63, 3.8) is 0 Å². The van der Waals surface area contributed by atoms with Crippen molar-refractivity contribution in [2.45, 2.75) is 60.1 Å². The largest absolute Gasteiger partial charge is 0.478 e. The zero-order valence-corrected chi connectivity index (χ0v) is 49.5. The molecule has 0 aliphatic rings. The fraction of sp³-hybridized carbons (Fsp3) is 0.108. The van der Waals surface area contributed by atoms with Crippen LogP contribution >= 0.6 is 0 Å². The molecule has 0 aliphatic carbocycles. The summed E-state index contributed by atoms with van der Waals surface area (Å²) in [6.45, 7) is 1.38. The number of rotatable bonds is 23. The van der Waals surface area contributed by atoms with Crippen LogP contribution in [0.1, 0.15) is 71.4 Å². The molecule has 23 heteroatoms. The zero-order chi connectivity index (χ0) is 63.4. The fourth-order valence-corrected chi connectivity index (χ4v) is 12.3. The minimum absolute atomic E-state index is 0.0839. The number of carboxylic acids is 3. The molecule has 0 heterocycles. The predicted octanol–water partition coefficient (Wildman–Crippen LogP) is 11.8. The van der Waals surface area contributed by atoms with Gasteiger partial charge < -0.3 is 20.6 Å². The number of sulfonamides is 3. The molecule has 0 unspecified atom stereocenters. The first-order chi connectivity index (χ1) is 42.0. The van der Waals surface area contributed by atoms with Crippen molar-refractivity contribution in [2.75, 3.05) is 19.5 Å². The number of benzene rings is 9. The lowest BCUT2D eigenvalue weighted by Crippen LogP contribution is -2.16. The van der Waals surface area contributed by atoms with E-state index in [4.69, 9.17) is 15.3 Å². The lowest BCUT2D eigenvalue weighted by atomic mass is 10.0. The Kier molecular flexibility index (Phi) is 22.2. The molecule has 20 nitrogen and oxygen atoms in total. The molecule has 0 spiro atoms. The van der Waals surface area contributed by atoms with Gasteiger partial charge in [0.05, 0.1) is 48.5 Å². The van der Waals surface area contributed by atoms with Crippen molar-refractivity contribution in [2.24, 2.45) is 0 Å². The lowest BCUT2D eigenvalue weighted by molar-refractivity contribution is -0.387. The van der Waals surface area contributed by atoms with Crippen LogP contribution in [0, 0.1) is 10.1 Å². The number of nitrogens with one attached hydrogen (secondary N) is 4. The van der Waals surface area contributed by atoms with Gasteiger partial charge in [0.25, 0.3) is 35.8 Å². The minimum Gasteiger partial charge on any atom is -0.478 e. The first kappa shape index (κ1) is 65.1. The molecule has 1 amide bonds. The van der Waals surface area contributed by atoms with E-state index in [2.05, 4.69) is 19.5 Å². The van der Waals surface area contributed by atoms with E-state index in [0.29, 0.717) is 66.8 Å². The molecule has 9 aromatic rings. The molecule has 88 heavy (non-hydrogen) atoms. The third-order valence-electron chi connectivity index (χ3n) is 13.3. The Morgan fingerprint density at radius 2 is 0.705 bits per heavy atom. The zero-order valence-electron chi connectivity index (χ0n) is 47.0. The van der Waals surface area contributed by atoms with Gasteiger partial charge in [-0.1, -0.05) is 121 Å². The van der Waals surface area contributed by atoms with E-state index in [0.717, 1.165) is 33.9 Å². The van der Waals surface area contributed by atoms with Crippen LogP contribution in [0.3, 0.4) is 0 Å². The average Bonchev–Trinajstić information content (AvgIpc) is 3.15. The summed E-state index contributed by atoms with van der Waals surface area (Å²) in [6, 6.07) is 60.3. The van der Waals surface area contributed by atoms with Crippen LogP contribution in [0.25, 0.3) is 0 Å². The number of hydrogen-bond donors (Lipinski definition) is 7. The summed E-state index contributed by atoms with van der Waals surface area (Å²) in [4.78, 5) is 54.3. The van der Waals surface area contributed by atoms with Crippen LogP contribution in [0.2, 0.25) is 0 Å². The summed E-state index contributed by atoms with van der Waals surface area (Å²) in [5.74, 6) is -3.17. The second kappa shape index (κ2) is 30.0. The molecule has 0 aromatic heterocycles. The Morgan fingerprint density at radius 3 is 1.06 bits per heavy atom. The first-order valence-corrected chi connectivity index (χ1v) is 31.4. The van der Waals surface area contributed by atoms with E-state index in [1.165, 1.54) is 61.5 Å². The Labute approximate surface area is 508 Å². The standard InChI is InChI=1S/C23H22N2O5S.C21H18N2O6S.C21H19NO4S/c1-16(26)24-20-12-14-21(15-13-20)31(29,30)25-22-5-3-2-4-18(22)9-6-17-7-10-19(11-8-17)23(27)28;24-21(25)17-13-10-15(11-14-17)9-12-16-5-1-2-6-18(16)22-30(28,29)20-8-4-3-7-19(20)23(26)27;23-21(24)18-14-11-16(12-15-18)10-13-17-6-4-5-9-20(17)22-27(25,26)19-7-2-1-3-8-19/h2-5,7-8,10-15,25H,6,9H2,1H3,(H,24,26)(H,27,28);1-8,10-11,13-14,22H,9,12H2,(H,24,25);1-9,11-12,14-15,22H,10,13H2,(H,23,24). The molecule has 0 saturated carbocycles. The average molecular weight is 1250 g/mol. The number of aryl methyl sites for hydroxylation is 6. The van der Waals surface area contributed by atoms with Crippen LogP contribution in [0.4, 0.5) is 28.4 Å². The van der Waals surface area contributed by atoms with Gasteiger partial charge in [-0.05, 0) is 169 Å². The van der Waals surface area contributed by atoms with Crippen LogP contribution in [-0.2, 0) is 73.4 Å². The third kappa shape index (κ3) is 18.8. The molecular formula is C65H59N5O15S3. The number of carbonyl (C=O) groups excluding carboxylic acids is 1. The van der Waals surface area contributed by atoms with Crippen molar-refractivity contribution >= 4 is 82.3 Å². The molecule has 0 aliphatic heterocycles. The van der Waals surface area contributed by atoms with E-state index in [9.17, 15) is 54.5 Å². The van der Waals surface area contributed by atoms with Crippen LogP contribution in [0.5, 0.6) is 0 Å². The van der Waals surface area contributed by atoms with Crippen LogP contribution in [0.15, 0.2) is 239 Å². The van der Waals surface area contributed by atoms with E-state index < -0.39 is 63.5 Å². The van der Waals surface area contributed by atoms with Gasteiger partial charge in [-0.2, -0.15) is 0 Å². The number of anilines is 4. The maximum atomic E-state index is 12.8. The summed E-state index contributed by atoms with van der Waals surface area (Å²) in [5, 5.41) is 40.7. The van der Waals surface area contributed by atoms with E-state index in [-0.39, 0.29) is 32.4 Å². The molecule has 0 radical (unpaired) electrons. The summed E-state index contributed by atoms with van der Waals surface area (Å²) < 4.78 is 84.0. The number of nitro groups is 1. The van der Waals surface area contributed by atoms with Gasteiger partial charge in [0, 0.05) is 18.7 Å². The highest BCUT2D eigenvalue weighted by Crippen LogP contribution is 2.29. The molecule has 0 bridgehead atoms. The minimum atomic E-state index is -4.17. The molecule has 0 saturated heterocycles. The number of aromatic carboxylic acids is 3. The Hall–Kier alpha value is -10.5. The normalized spacial score (nSPS) is 11.1. The maximum Gasteiger partial charge on any atom is 0.335 e. The van der Waals surface area contributed by atoms with Crippen molar-refractivity contribution in [1.82, 2.24) is 0 Å². The highest BCUT2D eigenvalue weighted by atomic mass is 32.2. The highest BCUT2D eigenvalue weighted by Gasteiger charge is 2.26. The van der Waals surface area contributed by atoms with Crippen molar-refractivity contribution in [3.8, 4) is 0 Å². The summed E-state index contributed by atoms with van der Waals surface area (Å²) in [7, 11) is -11.6. The molecular weight excluding hydrogens is 1190 g/mol. The van der Waals surface area contributed by atoms with Gasteiger partial charge in [-0.15, -0.1) is 0 Å². The second-order valence-electron chi connectivity index (χ2n) is 19.5. The highest BCUT2D eigenvalue weighted by molar-refractivity contribution is 7.93. The topological polar surface area (TPSA) is 323 Å². The second-order valence-corrected chi connectivity index (χ2v) is 24.6. The smallest absolute Gasteiger partial charge is 0.335 e. The van der Waals surface area contributed by atoms with Gasteiger partial charge >= 0.3 is 17.9 Å². The Morgan fingerprint density at radius 1 is 0.386 bits per heavy atom. The maximum absolute atomic E-state index is 12.8. The Bertz CT molecular complexity index is 4290. The fourth-order valence-electron chi connectivity index (χ4n) is 8.76. The van der Waals surface area contributed by atoms with Crippen molar-refractivity contribution in [1.29, 1.82) is 0 Å². The lowest BCUT2D eigenvalue weighted by Gasteiger charge is -2.13. The van der Waals surface area contributed by atoms with E-state index >= 15 is 0 Å². The van der Waals surface area contributed by atoms with Crippen LogP contribution in [-0.4, -0.2) is 69.3 Å². The van der Waals surface area contributed by atoms with Gasteiger partial charge in [0.1, 0.15) is 0 Å². The molecule has 9 rings (SSSR count). The monoisotopic (exact) mass is 1250 g/mol. The number of carbonyl (C=O) groups is 4. The van der Waals surface area contributed by atoms with Crippen LogP contribution < -0.4 is 19.5 Å². The molecule has 7 N–H and O–H groups in total. The number of carboxylic acid groups (broad SMARTS) is 3. The molecule has 0 fully saturated rings. The first-order valence-electron chi connectivity index (χ1n) is 26.9. The van der Waals surface area contributed by atoms with Crippen molar-refractivity contribution < 1.29 is 64.7 Å². The van der Waals surface area contributed by atoms with E-state index in [1.807, 2.05) is 24.3 Å². The molecule has 9 aromatic carbocycles. The number of nitro benzene ring substituents is 1. The summed E-state index contributed by atoms with van der Waals surface area (Å²) in [5.41, 5.74) is 7.28. The number of para-hydroxylation sites is 4. The number of amides is 1. The van der Waals surface area contributed by atoms with Crippen molar-refractivity contribution in [3.05, 3.63) is 285 Å². The van der Waals surface area contributed by atoms with Gasteiger partial charge in [0.2, 0.25) is 5.91 Å². The molecule has 452 valence electrons. The SMILES string of the molecule is CC(=O)Nc1ccc(S(=O)(=O)Nc2ccccc2CCc2ccc(C(=O)O)cc2)cc1.O=C(O)c1ccc(CCc2ccccc2NS(=O)(=O)c2ccccc2)cc1.O=C(O)c1ccc(CCc2ccccc2NS(=O)(=O)c2ccccc2[N+](=O)[O-])cc1. The molecule has 0 atom stereocenters. The van der Waals surface area contributed by atoms with Gasteiger partial charge in [-0.25, -0.2) is 39.6 Å². The summed E-state index contributed by atoms with van der Waals surface area (Å²) in [6.07, 6.45) is 3.55. The number of nitrogens with zero attached hydrogens (tertiary/aromatic N) is 1. The number of hydrogen-bond acceptors (Lipinski definition) is 12. The summed E-state index contributed by atoms with van der Waals surface area (Å²) >= 11 is 0. The van der Waals surface area contributed by atoms with E-state index in [1.54, 1.807) is 140 Å². The quantitative estimate of drug-likeness (QED) is 0.0231. The Balaban J connectivity index is 0.000000189.